The quantitative estimate of drug-likeness (QED) is 0.492. The van der Waals surface area contributed by atoms with Crippen LogP contribution in [0.1, 0.15) is 32.8 Å². The molecule has 0 aliphatic heterocycles. The number of nitrogens with one attached hydrogen (secondary N) is 1. The SMILES string of the molecule is CCCNC(=O)COC(=O)C=Cc1ccc(S(=O)(=O)N(CC)CC)cc1. The highest BCUT2D eigenvalue weighted by Gasteiger charge is 2.20. The Kier molecular flexibility index (Phi) is 9.01. The molecule has 0 spiro atoms. The Morgan fingerprint density at radius 3 is 2.27 bits per heavy atom. The average molecular weight is 382 g/mol. The molecule has 8 heteroatoms. The fourth-order valence-corrected chi connectivity index (χ4v) is 3.59. The van der Waals surface area contributed by atoms with Gasteiger partial charge in [-0.05, 0) is 30.2 Å². The average Bonchev–Trinajstić information content (AvgIpc) is 2.64. The number of carbonyl (C=O) groups excluding carboxylic acids is 2. The van der Waals surface area contributed by atoms with E-state index in [1.807, 2.05) is 6.92 Å². The zero-order valence-electron chi connectivity index (χ0n) is 15.4. The number of esters is 1. The van der Waals surface area contributed by atoms with Crippen molar-refractivity contribution in [3.63, 3.8) is 0 Å². The first kappa shape index (κ1) is 21.9. The van der Waals surface area contributed by atoms with E-state index in [0.717, 1.165) is 6.42 Å². The summed E-state index contributed by atoms with van der Waals surface area (Å²) in [5, 5.41) is 2.60. The van der Waals surface area contributed by atoms with Gasteiger partial charge >= 0.3 is 5.97 Å². The van der Waals surface area contributed by atoms with Gasteiger partial charge in [0.15, 0.2) is 6.61 Å². The first-order valence-corrected chi connectivity index (χ1v) is 10.0. The Morgan fingerprint density at radius 1 is 1.12 bits per heavy atom. The van der Waals surface area contributed by atoms with Gasteiger partial charge in [0.2, 0.25) is 10.0 Å². The van der Waals surface area contributed by atoms with Gasteiger partial charge in [-0.3, -0.25) is 4.79 Å². The van der Waals surface area contributed by atoms with E-state index >= 15 is 0 Å². The second-order valence-electron chi connectivity index (χ2n) is 5.45. The van der Waals surface area contributed by atoms with Crippen LogP contribution in [0.5, 0.6) is 0 Å². The number of nitrogens with zero attached hydrogens (tertiary/aromatic N) is 1. The van der Waals surface area contributed by atoms with Crippen LogP contribution >= 0.6 is 0 Å². The third-order valence-corrected chi connectivity index (χ3v) is 5.62. The molecule has 0 radical (unpaired) electrons. The lowest BCUT2D eigenvalue weighted by Gasteiger charge is -2.18. The van der Waals surface area contributed by atoms with Crippen LogP contribution in [0.4, 0.5) is 0 Å². The van der Waals surface area contributed by atoms with Crippen molar-refractivity contribution in [2.45, 2.75) is 32.1 Å². The number of carbonyl (C=O) groups is 2. The molecular formula is C18H26N2O5S. The largest absolute Gasteiger partial charge is 0.452 e. The van der Waals surface area contributed by atoms with E-state index in [9.17, 15) is 18.0 Å². The van der Waals surface area contributed by atoms with E-state index in [4.69, 9.17) is 4.74 Å². The lowest BCUT2D eigenvalue weighted by molar-refractivity contribution is -0.143. The molecule has 0 atom stereocenters. The molecule has 7 nitrogen and oxygen atoms in total. The summed E-state index contributed by atoms with van der Waals surface area (Å²) in [5.41, 5.74) is 0.649. The zero-order chi connectivity index (χ0) is 19.6. The van der Waals surface area contributed by atoms with Gasteiger partial charge in [-0.1, -0.05) is 32.9 Å². The van der Waals surface area contributed by atoms with Gasteiger partial charge in [0.05, 0.1) is 4.90 Å². The lowest BCUT2D eigenvalue weighted by Crippen LogP contribution is -2.30. The van der Waals surface area contributed by atoms with Crippen LogP contribution in [-0.2, 0) is 24.3 Å². The van der Waals surface area contributed by atoms with Gasteiger partial charge in [0, 0.05) is 25.7 Å². The number of sulfonamides is 1. The smallest absolute Gasteiger partial charge is 0.331 e. The molecular weight excluding hydrogens is 356 g/mol. The maximum Gasteiger partial charge on any atom is 0.331 e. The lowest BCUT2D eigenvalue weighted by atomic mass is 10.2. The van der Waals surface area contributed by atoms with Gasteiger partial charge in [-0.2, -0.15) is 4.31 Å². The van der Waals surface area contributed by atoms with Gasteiger partial charge in [0.1, 0.15) is 0 Å². The molecule has 0 saturated carbocycles. The van der Waals surface area contributed by atoms with E-state index in [1.54, 1.807) is 26.0 Å². The first-order chi connectivity index (χ1) is 12.3. The number of hydrogen-bond acceptors (Lipinski definition) is 5. The van der Waals surface area contributed by atoms with E-state index in [2.05, 4.69) is 5.32 Å². The number of amides is 1. The molecule has 1 N–H and O–H groups in total. The number of rotatable bonds is 10. The predicted octanol–water partition coefficient (Wildman–Crippen LogP) is 1.80. The maximum absolute atomic E-state index is 12.4. The van der Waals surface area contributed by atoms with Crippen molar-refractivity contribution in [3.05, 3.63) is 35.9 Å². The van der Waals surface area contributed by atoms with E-state index in [1.165, 1.54) is 28.6 Å². The summed E-state index contributed by atoms with van der Waals surface area (Å²) in [4.78, 5) is 23.1. The van der Waals surface area contributed by atoms with Crippen LogP contribution in [0.25, 0.3) is 6.08 Å². The fraction of sp³-hybridized carbons (Fsp3) is 0.444. The highest BCUT2D eigenvalue weighted by Crippen LogP contribution is 2.16. The summed E-state index contributed by atoms with van der Waals surface area (Å²) in [6.45, 7) is 6.50. The molecule has 26 heavy (non-hydrogen) atoms. The second kappa shape index (κ2) is 10.7. The molecule has 144 valence electrons. The van der Waals surface area contributed by atoms with Crippen LogP contribution in [-0.4, -0.2) is 50.8 Å². The minimum Gasteiger partial charge on any atom is -0.452 e. The van der Waals surface area contributed by atoms with Gasteiger partial charge in [-0.25, -0.2) is 13.2 Å². The van der Waals surface area contributed by atoms with Crippen molar-refractivity contribution in [3.8, 4) is 0 Å². The Balaban J connectivity index is 2.65. The van der Waals surface area contributed by atoms with Crippen molar-refractivity contribution >= 4 is 28.0 Å². The Hall–Kier alpha value is -2.19. The van der Waals surface area contributed by atoms with Crippen LogP contribution in [0.3, 0.4) is 0 Å². The summed E-state index contributed by atoms with van der Waals surface area (Å²) >= 11 is 0. The third kappa shape index (κ3) is 6.61. The molecule has 0 bridgehead atoms. The monoisotopic (exact) mass is 382 g/mol. The molecule has 1 aromatic rings. The summed E-state index contributed by atoms with van der Waals surface area (Å²) < 4.78 is 31.0. The normalized spacial score (nSPS) is 11.7. The molecule has 0 saturated heterocycles. The standard InChI is InChI=1S/C18H26N2O5S/c1-4-13-19-17(21)14-25-18(22)12-9-15-7-10-16(11-8-15)26(23,24)20(5-2)6-3/h7-12H,4-6,13-14H2,1-3H3,(H,19,21). The molecule has 0 aliphatic carbocycles. The van der Waals surface area contributed by atoms with Crippen molar-refractivity contribution in [1.82, 2.24) is 9.62 Å². The molecule has 1 amide bonds. The van der Waals surface area contributed by atoms with Crippen molar-refractivity contribution in [2.75, 3.05) is 26.2 Å². The minimum atomic E-state index is -3.50. The highest BCUT2D eigenvalue weighted by atomic mass is 32.2. The van der Waals surface area contributed by atoms with Gasteiger partial charge in [0.25, 0.3) is 5.91 Å². The van der Waals surface area contributed by atoms with Crippen molar-refractivity contribution < 1.29 is 22.7 Å². The third-order valence-electron chi connectivity index (χ3n) is 3.55. The molecule has 0 heterocycles. The Labute approximate surface area is 155 Å². The van der Waals surface area contributed by atoms with Crippen molar-refractivity contribution in [2.24, 2.45) is 0 Å². The van der Waals surface area contributed by atoms with Crippen LogP contribution < -0.4 is 5.32 Å². The number of hydrogen-bond donors (Lipinski definition) is 1. The van der Waals surface area contributed by atoms with Gasteiger partial charge in [-0.15, -0.1) is 0 Å². The van der Waals surface area contributed by atoms with E-state index in [-0.39, 0.29) is 17.4 Å². The molecule has 1 aromatic carbocycles. The zero-order valence-corrected chi connectivity index (χ0v) is 16.2. The fourth-order valence-electron chi connectivity index (χ4n) is 2.13. The van der Waals surface area contributed by atoms with Crippen molar-refractivity contribution in [1.29, 1.82) is 0 Å². The summed E-state index contributed by atoms with van der Waals surface area (Å²) in [7, 11) is -3.50. The molecule has 0 aliphatic rings. The summed E-state index contributed by atoms with van der Waals surface area (Å²) in [6.07, 6.45) is 3.50. The molecule has 0 fully saturated rings. The summed E-state index contributed by atoms with van der Waals surface area (Å²) in [6, 6.07) is 6.20. The van der Waals surface area contributed by atoms with Crippen LogP contribution in [0.2, 0.25) is 0 Å². The second-order valence-corrected chi connectivity index (χ2v) is 7.39. The van der Waals surface area contributed by atoms with E-state index < -0.39 is 16.0 Å². The Bertz CT molecular complexity index is 722. The summed E-state index contributed by atoms with van der Waals surface area (Å²) in [5.74, 6) is -0.990. The maximum atomic E-state index is 12.4. The molecule has 0 aromatic heterocycles. The van der Waals surface area contributed by atoms with Gasteiger partial charge < -0.3 is 10.1 Å². The molecule has 0 unspecified atom stereocenters. The highest BCUT2D eigenvalue weighted by molar-refractivity contribution is 7.89. The van der Waals surface area contributed by atoms with E-state index in [0.29, 0.717) is 25.2 Å². The predicted molar refractivity (Wildman–Crippen MR) is 99.8 cm³/mol. The Morgan fingerprint density at radius 2 is 1.73 bits per heavy atom. The van der Waals surface area contributed by atoms with Crippen LogP contribution in [0, 0.1) is 0 Å². The minimum absolute atomic E-state index is 0.202. The first-order valence-electron chi connectivity index (χ1n) is 8.56. The number of ether oxygens (including phenoxy) is 1. The van der Waals surface area contributed by atoms with Crippen LogP contribution in [0.15, 0.2) is 35.2 Å². The number of benzene rings is 1. The topological polar surface area (TPSA) is 92.8 Å². The molecule has 1 rings (SSSR count).